The third-order valence-electron chi connectivity index (χ3n) is 9.79. The van der Waals surface area contributed by atoms with Crippen molar-refractivity contribution in [2.45, 2.75) is 84.3 Å². The molecule has 8 atom stereocenters. The van der Waals surface area contributed by atoms with Crippen molar-refractivity contribution in [1.82, 2.24) is 4.90 Å². The van der Waals surface area contributed by atoms with Crippen LogP contribution in [0.1, 0.15) is 72.1 Å². The number of hydrogen-bond donors (Lipinski definition) is 1. The standard InChI is InChI=1S/C23H37NO/c1-4-15-6-8-19-18-7-5-16-13-17(25)14-21(24-11-12-24)23(16,3)20(18)9-10-22(15,19)2/h5,15,17-21,25H,4,6-14H2,1-3H3/t15-,17+,18-,19-,20-,21?,22+,23-/m0/s1. The maximum Gasteiger partial charge on any atom is 0.0592 e. The highest BCUT2D eigenvalue weighted by molar-refractivity contribution is 5.29. The van der Waals surface area contributed by atoms with Gasteiger partial charge in [0.05, 0.1) is 6.10 Å². The van der Waals surface area contributed by atoms with E-state index in [9.17, 15) is 5.11 Å². The van der Waals surface area contributed by atoms with Crippen molar-refractivity contribution in [3.8, 4) is 0 Å². The first-order chi connectivity index (χ1) is 12.0. The lowest BCUT2D eigenvalue weighted by Crippen LogP contribution is -2.57. The second-order valence-electron chi connectivity index (χ2n) is 10.5. The lowest BCUT2D eigenvalue weighted by Gasteiger charge is -2.60. The summed E-state index contributed by atoms with van der Waals surface area (Å²) < 4.78 is 0. The summed E-state index contributed by atoms with van der Waals surface area (Å²) in [7, 11) is 0. The topological polar surface area (TPSA) is 23.2 Å². The Balaban J connectivity index is 1.52. The molecule has 0 aromatic heterocycles. The van der Waals surface area contributed by atoms with Crippen LogP contribution in [0, 0.1) is 34.5 Å². The maximum absolute atomic E-state index is 10.5. The lowest BCUT2D eigenvalue weighted by molar-refractivity contribution is -0.0725. The molecule has 1 saturated heterocycles. The molecule has 1 N–H and O–H groups in total. The molecular weight excluding hydrogens is 306 g/mol. The molecule has 0 aromatic rings. The van der Waals surface area contributed by atoms with Gasteiger partial charge in [-0.1, -0.05) is 38.8 Å². The molecule has 25 heavy (non-hydrogen) atoms. The zero-order valence-electron chi connectivity index (χ0n) is 16.5. The second-order valence-corrected chi connectivity index (χ2v) is 10.5. The Morgan fingerprint density at radius 2 is 1.96 bits per heavy atom. The Hall–Kier alpha value is -0.340. The van der Waals surface area contributed by atoms with E-state index in [4.69, 9.17) is 0 Å². The first kappa shape index (κ1) is 16.8. The van der Waals surface area contributed by atoms with Gasteiger partial charge in [-0.2, -0.15) is 0 Å². The molecule has 3 saturated carbocycles. The van der Waals surface area contributed by atoms with E-state index in [2.05, 4.69) is 31.7 Å². The van der Waals surface area contributed by atoms with Crippen molar-refractivity contribution < 1.29 is 5.11 Å². The fourth-order valence-electron chi connectivity index (χ4n) is 8.38. The molecule has 140 valence electrons. The van der Waals surface area contributed by atoms with Crippen LogP contribution in [0.2, 0.25) is 0 Å². The Morgan fingerprint density at radius 3 is 2.68 bits per heavy atom. The molecular formula is C23H37NO. The summed E-state index contributed by atoms with van der Waals surface area (Å²) in [4.78, 5) is 2.66. The Labute approximate surface area is 154 Å². The van der Waals surface area contributed by atoms with E-state index < -0.39 is 0 Å². The number of aliphatic hydroxyl groups excluding tert-OH is 1. The minimum atomic E-state index is -0.105. The first-order valence-corrected chi connectivity index (χ1v) is 11.1. The summed E-state index contributed by atoms with van der Waals surface area (Å²) in [6.45, 7) is 10.2. The van der Waals surface area contributed by atoms with Crippen LogP contribution in [0.4, 0.5) is 0 Å². The number of hydrogen-bond acceptors (Lipinski definition) is 2. The van der Waals surface area contributed by atoms with Gasteiger partial charge in [-0.3, -0.25) is 4.90 Å². The molecule has 0 amide bonds. The fourth-order valence-corrected chi connectivity index (χ4v) is 8.38. The van der Waals surface area contributed by atoms with Crippen molar-refractivity contribution in [3.63, 3.8) is 0 Å². The Morgan fingerprint density at radius 1 is 1.16 bits per heavy atom. The van der Waals surface area contributed by atoms with E-state index in [1.54, 1.807) is 5.57 Å². The molecule has 0 spiro atoms. The van der Waals surface area contributed by atoms with Crippen LogP contribution in [-0.4, -0.2) is 35.2 Å². The minimum Gasteiger partial charge on any atom is -0.393 e. The van der Waals surface area contributed by atoms with Gasteiger partial charge >= 0.3 is 0 Å². The zero-order valence-corrected chi connectivity index (χ0v) is 16.5. The van der Waals surface area contributed by atoms with Crippen molar-refractivity contribution in [3.05, 3.63) is 11.6 Å². The van der Waals surface area contributed by atoms with Gasteiger partial charge in [-0.25, -0.2) is 0 Å². The Bertz CT molecular complexity index is 581. The average molecular weight is 344 g/mol. The van der Waals surface area contributed by atoms with Crippen LogP contribution in [0.3, 0.4) is 0 Å². The number of allylic oxidation sites excluding steroid dienone is 1. The SMILES string of the molecule is CC[C@H]1CC[C@H]2[C@@H]3CC=C4C[C@@H](O)CC(N5CC5)[C@]4(C)[C@H]3CC[C@]12C. The molecule has 5 rings (SSSR count). The molecule has 0 bridgehead atoms. The van der Waals surface area contributed by atoms with Gasteiger partial charge in [-0.15, -0.1) is 0 Å². The third kappa shape index (κ3) is 2.22. The predicted molar refractivity (Wildman–Crippen MR) is 102 cm³/mol. The summed E-state index contributed by atoms with van der Waals surface area (Å²) in [5.74, 6) is 3.68. The average Bonchev–Trinajstić information content (AvgIpc) is 3.36. The van der Waals surface area contributed by atoms with Gasteiger partial charge in [0.2, 0.25) is 0 Å². The van der Waals surface area contributed by atoms with Gasteiger partial charge in [0.15, 0.2) is 0 Å². The third-order valence-corrected chi connectivity index (χ3v) is 9.79. The highest BCUT2D eigenvalue weighted by atomic mass is 16.3. The summed E-state index contributed by atoms with van der Waals surface area (Å²) in [6, 6.07) is 0.600. The zero-order chi connectivity index (χ0) is 17.4. The van der Waals surface area contributed by atoms with E-state index in [0.717, 1.165) is 36.5 Å². The van der Waals surface area contributed by atoms with E-state index in [-0.39, 0.29) is 6.10 Å². The van der Waals surface area contributed by atoms with Gasteiger partial charge in [0.1, 0.15) is 0 Å². The van der Waals surface area contributed by atoms with E-state index in [1.807, 2.05) is 0 Å². The lowest BCUT2D eigenvalue weighted by atomic mass is 9.46. The van der Waals surface area contributed by atoms with E-state index in [0.29, 0.717) is 16.9 Å². The summed E-state index contributed by atoms with van der Waals surface area (Å²) in [6.07, 6.45) is 13.0. The van der Waals surface area contributed by atoms with Gasteiger partial charge in [0.25, 0.3) is 0 Å². The van der Waals surface area contributed by atoms with Crippen molar-refractivity contribution in [1.29, 1.82) is 0 Å². The summed E-state index contributed by atoms with van der Waals surface area (Å²) in [5.41, 5.74) is 2.57. The molecule has 4 fully saturated rings. The van der Waals surface area contributed by atoms with Crippen LogP contribution in [0.25, 0.3) is 0 Å². The largest absolute Gasteiger partial charge is 0.393 e. The second kappa shape index (κ2) is 5.58. The maximum atomic E-state index is 10.5. The molecule has 0 aromatic carbocycles. The van der Waals surface area contributed by atoms with Crippen LogP contribution >= 0.6 is 0 Å². The first-order valence-electron chi connectivity index (χ1n) is 11.1. The minimum absolute atomic E-state index is 0.105. The van der Waals surface area contributed by atoms with Gasteiger partial charge in [0, 0.05) is 24.5 Å². The Kier molecular flexibility index (Phi) is 3.75. The van der Waals surface area contributed by atoms with Crippen LogP contribution in [0.15, 0.2) is 11.6 Å². The summed E-state index contributed by atoms with van der Waals surface area (Å²) >= 11 is 0. The number of fused-ring (bicyclic) bond motifs is 5. The molecule has 2 nitrogen and oxygen atoms in total. The summed E-state index contributed by atoms with van der Waals surface area (Å²) in [5, 5.41) is 10.5. The van der Waals surface area contributed by atoms with Crippen molar-refractivity contribution in [2.24, 2.45) is 34.5 Å². The molecule has 1 unspecified atom stereocenters. The predicted octanol–water partition coefficient (Wildman–Crippen LogP) is 4.63. The van der Waals surface area contributed by atoms with Crippen LogP contribution < -0.4 is 0 Å². The quantitative estimate of drug-likeness (QED) is 0.583. The van der Waals surface area contributed by atoms with Crippen molar-refractivity contribution >= 4 is 0 Å². The van der Waals surface area contributed by atoms with Crippen LogP contribution in [0.5, 0.6) is 0 Å². The highest BCUT2D eigenvalue weighted by Gasteiger charge is 2.61. The normalized spacial score (nSPS) is 55.1. The van der Waals surface area contributed by atoms with Gasteiger partial charge < -0.3 is 5.11 Å². The fraction of sp³-hybridized carbons (Fsp3) is 0.913. The van der Waals surface area contributed by atoms with E-state index >= 15 is 0 Å². The highest BCUT2D eigenvalue weighted by Crippen LogP contribution is 2.67. The number of nitrogens with zero attached hydrogens (tertiary/aromatic N) is 1. The van der Waals surface area contributed by atoms with Gasteiger partial charge in [-0.05, 0) is 74.0 Å². The number of aliphatic hydroxyl groups is 1. The smallest absolute Gasteiger partial charge is 0.0592 e. The molecule has 5 aliphatic rings. The van der Waals surface area contributed by atoms with Crippen molar-refractivity contribution in [2.75, 3.05) is 13.1 Å². The molecule has 1 heterocycles. The van der Waals surface area contributed by atoms with E-state index in [1.165, 1.54) is 51.6 Å². The molecule has 4 aliphatic carbocycles. The molecule has 0 radical (unpaired) electrons. The molecule has 2 heteroatoms. The number of rotatable bonds is 2. The molecule has 1 aliphatic heterocycles. The van der Waals surface area contributed by atoms with Crippen LogP contribution in [-0.2, 0) is 0 Å². The monoisotopic (exact) mass is 343 g/mol.